The lowest BCUT2D eigenvalue weighted by atomic mass is 9.92. The van der Waals surface area contributed by atoms with Gasteiger partial charge in [0.1, 0.15) is 5.75 Å². The van der Waals surface area contributed by atoms with Crippen LogP contribution in [0.3, 0.4) is 0 Å². The molecule has 7 heteroatoms. The average molecular weight is 263 g/mol. The number of hydrogen-bond donors (Lipinski definition) is 2. The van der Waals surface area contributed by atoms with E-state index in [4.69, 9.17) is 5.73 Å². The van der Waals surface area contributed by atoms with Crippen molar-refractivity contribution in [1.29, 1.82) is 0 Å². The van der Waals surface area contributed by atoms with Gasteiger partial charge >= 0.3 is 0 Å². The molecule has 100 valence electrons. The van der Waals surface area contributed by atoms with Crippen LogP contribution in [0.15, 0.2) is 0 Å². The van der Waals surface area contributed by atoms with Crippen molar-refractivity contribution < 1.29 is 13.2 Å². The van der Waals surface area contributed by atoms with Crippen LogP contribution in [0.5, 0.6) is 0 Å². The predicted octanol–water partition coefficient (Wildman–Crippen LogP) is -0.879. The van der Waals surface area contributed by atoms with Crippen molar-refractivity contribution in [1.82, 2.24) is 9.62 Å². The molecule has 2 atom stereocenters. The highest BCUT2D eigenvalue weighted by Gasteiger charge is 2.30. The number of carbonyl (C=O) groups is 1. The quantitative estimate of drug-likeness (QED) is 0.689. The molecular weight excluding hydrogens is 242 g/mol. The molecule has 1 aliphatic heterocycles. The summed E-state index contributed by atoms with van der Waals surface area (Å²) in [5, 5.41) is 0. The zero-order chi connectivity index (χ0) is 13.1. The Morgan fingerprint density at radius 3 is 2.71 bits per heavy atom. The Bertz CT molecular complexity index is 369. The predicted molar refractivity (Wildman–Crippen MR) is 65.8 cm³/mol. The van der Waals surface area contributed by atoms with Crippen LogP contribution in [0, 0.1) is 5.92 Å². The molecule has 1 rings (SSSR count). The maximum Gasteiger partial charge on any atom is 0.239 e. The van der Waals surface area contributed by atoms with Gasteiger partial charge in [-0.1, -0.05) is 6.92 Å². The zero-order valence-electron chi connectivity index (χ0n) is 10.3. The fourth-order valence-electron chi connectivity index (χ4n) is 2.12. The van der Waals surface area contributed by atoms with Gasteiger partial charge in [0.25, 0.3) is 0 Å². The van der Waals surface area contributed by atoms with Gasteiger partial charge in [-0.15, -0.1) is 0 Å². The summed E-state index contributed by atoms with van der Waals surface area (Å²) in [4.78, 5) is 13.5. The molecule has 1 amide bonds. The van der Waals surface area contributed by atoms with Gasteiger partial charge in [0.15, 0.2) is 0 Å². The molecule has 1 fully saturated rings. The molecule has 0 bridgehead atoms. The number of hydrogen-bond acceptors (Lipinski definition) is 4. The van der Waals surface area contributed by atoms with E-state index < -0.39 is 15.8 Å². The molecule has 0 aromatic heterocycles. The van der Waals surface area contributed by atoms with Gasteiger partial charge in [-0.2, -0.15) is 0 Å². The van der Waals surface area contributed by atoms with Crippen molar-refractivity contribution in [3.8, 4) is 0 Å². The van der Waals surface area contributed by atoms with Crippen molar-refractivity contribution in [2.75, 3.05) is 25.9 Å². The third-order valence-electron chi connectivity index (χ3n) is 3.19. The summed E-state index contributed by atoms with van der Waals surface area (Å²) in [5.41, 5.74) is 5.63. The standard InChI is InChI=1S/C10H21N3O3S/c1-8-3-4-13(9(5-8)6-11)10(14)7-17(15,16)12-2/h8-9,12H,3-7,11H2,1-2H3. The normalized spacial score (nSPS) is 25.9. The monoisotopic (exact) mass is 263 g/mol. The largest absolute Gasteiger partial charge is 0.338 e. The molecule has 2 unspecified atom stereocenters. The van der Waals surface area contributed by atoms with Gasteiger partial charge in [0.2, 0.25) is 15.9 Å². The lowest BCUT2D eigenvalue weighted by Crippen LogP contribution is -2.51. The molecule has 0 spiro atoms. The smallest absolute Gasteiger partial charge is 0.239 e. The zero-order valence-corrected chi connectivity index (χ0v) is 11.2. The summed E-state index contributed by atoms with van der Waals surface area (Å²) in [5.74, 6) is -0.316. The van der Waals surface area contributed by atoms with Crippen molar-refractivity contribution >= 4 is 15.9 Å². The summed E-state index contributed by atoms with van der Waals surface area (Å²) in [6, 6.07) is -0.0293. The highest BCUT2D eigenvalue weighted by atomic mass is 32.2. The lowest BCUT2D eigenvalue weighted by Gasteiger charge is -2.37. The average Bonchev–Trinajstić information content (AvgIpc) is 2.28. The summed E-state index contributed by atoms with van der Waals surface area (Å²) >= 11 is 0. The highest BCUT2D eigenvalue weighted by Crippen LogP contribution is 2.22. The fourth-order valence-corrected chi connectivity index (χ4v) is 2.76. The lowest BCUT2D eigenvalue weighted by molar-refractivity contribution is -0.132. The van der Waals surface area contributed by atoms with Gasteiger partial charge in [-0.25, -0.2) is 13.1 Å². The Morgan fingerprint density at radius 1 is 1.53 bits per heavy atom. The molecule has 6 nitrogen and oxygen atoms in total. The topological polar surface area (TPSA) is 92.5 Å². The number of carbonyl (C=O) groups excluding carboxylic acids is 1. The van der Waals surface area contributed by atoms with E-state index in [0.717, 1.165) is 12.8 Å². The Labute approximate surface area is 103 Å². The summed E-state index contributed by atoms with van der Waals surface area (Å²) in [6.07, 6.45) is 1.75. The third-order valence-corrected chi connectivity index (χ3v) is 4.44. The molecule has 0 radical (unpaired) electrons. The Morgan fingerprint density at radius 2 is 2.18 bits per heavy atom. The van der Waals surface area contributed by atoms with E-state index in [1.54, 1.807) is 4.90 Å². The van der Waals surface area contributed by atoms with Crippen LogP contribution in [0.4, 0.5) is 0 Å². The van der Waals surface area contributed by atoms with Crippen molar-refractivity contribution in [3.63, 3.8) is 0 Å². The number of sulfonamides is 1. The molecule has 0 aliphatic carbocycles. The Hall–Kier alpha value is -0.660. The second-order valence-corrected chi connectivity index (χ2v) is 6.50. The SMILES string of the molecule is CNS(=O)(=O)CC(=O)N1CCC(C)CC1CN. The summed E-state index contributed by atoms with van der Waals surface area (Å²) < 4.78 is 24.8. The molecule has 0 saturated carbocycles. The number of piperidine rings is 1. The van der Waals surface area contributed by atoms with Crippen molar-refractivity contribution in [3.05, 3.63) is 0 Å². The van der Waals surface area contributed by atoms with Gasteiger partial charge in [0, 0.05) is 19.1 Å². The molecule has 3 N–H and O–H groups in total. The van der Waals surface area contributed by atoms with Crippen LogP contribution in [0.2, 0.25) is 0 Å². The molecule has 0 aromatic rings. The number of nitrogens with one attached hydrogen (secondary N) is 1. The number of likely N-dealkylation sites (tertiary alicyclic amines) is 1. The van der Waals surface area contributed by atoms with Gasteiger partial charge in [-0.05, 0) is 25.8 Å². The summed E-state index contributed by atoms with van der Waals surface area (Å²) in [7, 11) is -2.19. The number of rotatable bonds is 4. The van der Waals surface area contributed by atoms with Crippen molar-refractivity contribution in [2.24, 2.45) is 11.7 Å². The maximum atomic E-state index is 11.9. The van der Waals surface area contributed by atoms with E-state index in [-0.39, 0.29) is 11.9 Å². The van der Waals surface area contributed by atoms with E-state index in [9.17, 15) is 13.2 Å². The van der Waals surface area contributed by atoms with E-state index in [0.29, 0.717) is 19.0 Å². The highest BCUT2D eigenvalue weighted by molar-refractivity contribution is 7.90. The van der Waals surface area contributed by atoms with E-state index in [1.165, 1.54) is 7.05 Å². The maximum absolute atomic E-state index is 11.9. The third kappa shape index (κ3) is 3.93. The van der Waals surface area contributed by atoms with E-state index in [2.05, 4.69) is 11.6 Å². The summed E-state index contributed by atoms with van der Waals surface area (Å²) in [6.45, 7) is 3.10. The number of nitrogens with zero attached hydrogens (tertiary/aromatic N) is 1. The first kappa shape index (κ1) is 14.4. The van der Waals surface area contributed by atoms with Crippen molar-refractivity contribution in [2.45, 2.75) is 25.8 Å². The second-order valence-electron chi connectivity index (χ2n) is 4.57. The Balaban J connectivity index is 2.68. The van der Waals surface area contributed by atoms with Crippen LogP contribution in [-0.2, 0) is 14.8 Å². The minimum atomic E-state index is -3.50. The molecule has 1 saturated heterocycles. The van der Waals surface area contributed by atoms with Gasteiger partial charge in [-0.3, -0.25) is 4.79 Å². The van der Waals surface area contributed by atoms with Crippen LogP contribution in [-0.4, -0.2) is 51.2 Å². The van der Waals surface area contributed by atoms with Crippen LogP contribution < -0.4 is 10.5 Å². The first-order valence-electron chi connectivity index (χ1n) is 5.80. The first-order chi connectivity index (χ1) is 7.89. The molecule has 1 heterocycles. The molecular formula is C10H21N3O3S. The fraction of sp³-hybridized carbons (Fsp3) is 0.900. The molecule has 17 heavy (non-hydrogen) atoms. The van der Waals surface area contributed by atoms with Gasteiger partial charge < -0.3 is 10.6 Å². The number of amides is 1. The first-order valence-corrected chi connectivity index (χ1v) is 7.45. The van der Waals surface area contributed by atoms with E-state index >= 15 is 0 Å². The molecule has 0 aromatic carbocycles. The Kier molecular flexibility index (Phi) is 4.91. The van der Waals surface area contributed by atoms with E-state index in [1.807, 2.05) is 0 Å². The van der Waals surface area contributed by atoms with Crippen LogP contribution in [0.25, 0.3) is 0 Å². The number of nitrogens with two attached hydrogens (primary N) is 1. The van der Waals surface area contributed by atoms with Gasteiger partial charge in [0.05, 0.1) is 0 Å². The van der Waals surface area contributed by atoms with Crippen LogP contribution >= 0.6 is 0 Å². The second kappa shape index (κ2) is 5.79. The van der Waals surface area contributed by atoms with Crippen LogP contribution in [0.1, 0.15) is 19.8 Å². The minimum absolute atomic E-state index is 0.0293. The molecule has 1 aliphatic rings. The minimum Gasteiger partial charge on any atom is -0.338 e.